The van der Waals surface area contributed by atoms with E-state index in [-0.39, 0.29) is 12.5 Å². The molecule has 0 saturated carbocycles. The van der Waals surface area contributed by atoms with Gasteiger partial charge in [-0.1, -0.05) is 15.9 Å². The summed E-state index contributed by atoms with van der Waals surface area (Å²) in [4.78, 5) is 15.5. The molecule has 0 bridgehead atoms. The summed E-state index contributed by atoms with van der Waals surface area (Å²) in [5.74, 6) is 0.239. The van der Waals surface area contributed by atoms with Crippen molar-refractivity contribution in [3.8, 4) is 0 Å². The molecule has 0 spiro atoms. The summed E-state index contributed by atoms with van der Waals surface area (Å²) in [5, 5.41) is 2.55. The van der Waals surface area contributed by atoms with Crippen LogP contribution in [-0.2, 0) is 11.3 Å². The molecule has 2 rings (SSSR count). The molecule has 0 aliphatic heterocycles. The van der Waals surface area contributed by atoms with Crippen LogP contribution in [0, 0.1) is 0 Å². The number of nitrogens with two attached hydrogens (primary N) is 1. The summed E-state index contributed by atoms with van der Waals surface area (Å²) in [6.07, 6.45) is 0. The molecule has 5 nitrogen and oxygen atoms in total. The van der Waals surface area contributed by atoms with Crippen molar-refractivity contribution >= 4 is 38.8 Å². The number of halogens is 1. The van der Waals surface area contributed by atoms with E-state index < -0.39 is 0 Å². The van der Waals surface area contributed by atoms with Gasteiger partial charge >= 0.3 is 0 Å². The van der Waals surface area contributed by atoms with Crippen molar-refractivity contribution in [3.63, 3.8) is 0 Å². The van der Waals surface area contributed by atoms with Gasteiger partial charge in [-0.3, -0.25) is 4.79 Å². The SMILES string of the molecule is CNC(=O)Cn1c(N)nc2ccc(Br)cc21. The van der Waals surface area contributed by atoms with Gasteiger partial charge in [0.05, 0.1) is 11.0 Å². The Bertz CT molecular complexity index is 549. The molecule has 0 atom stereocenters. The summed E-state index contributed by atoms with van der Waals surface area (Å²) in [6, 6.07) is 5.64. The molecule has 0 radical (unpaired) electrons. The van der Waals surface area contributed by atoms with Crippen LogP contribution >= 0.6 is 15.9 Å². The maximum Gasteiger partial charge on any atom is 0.239 e. The molecule has 1 heterocycles. The van der Waals surface area contributed by atoms with Gasteiger partial charge in [-0.05, 0) is 18.2 Å². The monoisotopic (exact) mass is 282 g/mol. The number of nitrogens with zero attached hydrogens (tertiary/aromatic N) is 2. The second-order valence-electron chi connectivity index (χ2n) is 3.36. The van der Waals surface area contributed by atoms with Crippen molar-refractivity contribution < 1.29 is 4.79 Å². The number of nitrogens with one attached hydrogen (secondary N) is 1. The third-order valence-corrected chi connectivity index (χ3v) is 2.81. The van der Waals surface area contributed by atoms with Gasteiger partial charge in [0.2, 0.25) is 11.9 Å². The molecule has 1 amide bonds. The minimum Gasteiger partial charge on any atom is -0.369 e. The maximum atomic E-state index is 11.3. The highest BCUT2D eigenvalue weighted by atomic mass is 79.9. The van der Waals surface area contributed by atoms with Crippen LogP contribution in [0.1, 0.15) is 0 Å². The second kappa shape index (κ2) is 4.13. The lowest BCUT2D eigenvalue weighted by molar-refractivity contribution is -0.121. The van der Waals surface area contributed by atoms with E-state index >= 15 is 0 Å². The van der Waals surface area contributed by atoms with Crippen LogP contribution in [0.5, 0.6) is 0 Å². The normalized spacial score (nSPS) is 10.6. The Labute approximate surface area is 101 Å². The number of rotatable bonds is 2. The molecule has 2 aromatic rings. The number of carbonyl (C=O) groups is 1. The Morgan fingerprint density at radius 1 is 1.62 bits per heavy atom. The minimum absolute atomic E-state index is 0.106. The standard InChI is InChI=1S/C10H11BrN4O/c1-13-9(16)5-15-8-4-6(11)2-3-7(8)14-10(15)12/h2-4H,5H2,1H3,(H2,12,14)(H,13,16). The maximum absolute atomic E-state index is 11.3. The molecular formula is C10H11BrN4O. The lowest BCUT2D eigenvalue weighted by Gasteiger charge is -2.04. The zero-order valence-corrected chi connectivity index (χ0v) is 10.3. The average molecular weight is 283 g/mol. The number of anilines is 1. The lowest BCUT2D eigenvalue weighted by Crippen LogP contribution is -2.24. The predicted octanol–water partition coefficient (Wildman–Crippen LogP) is 1.13. The fraction of sp³-hybridized carbons (Fsp3) is 0.200. The zero-order valence-electron chi connectivity index (χ0n) is 8.70. The van der Waals surface area contributed by atoms with Gasteiger partial charge < -0.3 is 15.6 Å². The largest absolute Gasteiger partial charge is 0.369 e. The molecule has 0 fully saturated rings. The molecule has 6 heteroatoms. The fourth-order valence-corrected chi connectivity index (χ4v) is 1.85. The highest BCUT2D eigenvalue weighted by Crippen LogP contribution is 2.21. The lowest BCUT2D eigenvalue weighted by atomic mass is 10.3. The number of hydrogen-bond acceptors (Lipinski definition) is 3. The molecule has 1 aromatic heterocycles. The Hall–Kier alpha value is -1.56. The molecule has 0 aliphatic carbocycles. The molecule has 16 heavy (non-hydrogen) atoms. The van der Waals surface area contributed by atoms with E-state index in [0.717, 1.165) is 15.5 Å². The molecule has 0 aliphatic rings. The van der Waals surface area contributed by atoms with Gasteiger partial charge in [0.1, 0.15) is 6.54 Å². The number of amides is 1. The number of fused-ring (bicyclic) bond motifs is 1. The topological polar surface area (TPSA) is 72.9 Å². The van der Waals surface area contributed by atoms with E-state index in [2.05, 4.69) is 26.2 Å². The van der Waals surface area contributed by atoms with Crippen LogP contribution in [0.3, 0.4) is 0 Å². The summed E-state index contributed by atoms with van der Waals surface area (Å²) in [5.41, 5.74) is 7.39. The van der Waals surface area contributed by atoms with Crippen molar-refractivity contribution in [2.45, 2.75) is 6.54 Å². The van der Waals surface area contributed by atoms with E-state index in [1.165, 1.54) is 0 Å². The van der Waals surface area contributed by atoms with Crippen LogP contribution in [0.15, 0.2) is 22.7 Å². The highest BCUT2D eigenvalue weighted by molar-refractivity contribution is 9.10. The average Bonchev–Trinajstić information content (AvgIpc) is 2.55. The van der Waals surface area contributed by atoms with Crippen molar-refractivity contribution in [2.75, 3.05) is 12.8 Å². The van der Waals surface area contributed by atoms with Crippen LogP contribution in [-0.4, -0.2) is 22.5 Å². The zero-order chi connectivity index (χ0) is 11.7. The van der Waals surface area contributed by atoms with E-state index in [9.17, 15) is 4.79 Å². The number of hydrogen-bond donors (Lipinski definition) is 2. The number of likely N-dealkylation sites (N-methyl/N-ethyl adjacent to an activating group) is 1. The number of nitrogen functional groups attached to an aromatic ring is 1. The molecule has 1 aromatic carbocycles. The minimum atomic E-state index is -0.106. The molecule has 0 unspecified atom stereocenters. The quantitative estimate of drug-likeness (QED) is 0.867. The third-order valence-electron chi connectivity index (χ3n) is 2.32. The van der Waals surface area contributed by atoms with Crippen LogP contribution < -0.4 is 11.1 Å². The second-order valence-corrected chi connectivity index (χ2v) is 4.28. The Morgan fingerprint density at radius 3 is 3.06 bits per heavy atom. The van der Waals surface area contributed by atoms with E-state index in [4.69, 9.17) is 5.73 Å². The van der Waals surface area contributed by atoms with Gasteiger partial charge in [0.25, 0.3) is 0 Å². The van der Waals surface area contributed by atoms with Gasteiger partial charge in [-0.2, -0.15) is 0 Å². The Morgan fingerprint density at radius 2 is 2.38 bits per heavy atom. The van der Waals surface area contributed by atoms with Crippen molar-refractivity contribution in [3.05, 3.63) is 22.7 Å². The summed E-state index contributed by atoms with van der Waals surface area (Å²) < 4.78 is 2.61. The van der Waals surface area contributed by atoms with Gasteiger partial charge in [-0.15, -0.1) is 0 Å². The van der Waals surface area contributed by atoms with Crippen LogP contribution in [0.2, 0.25) is 0 Å². The fourth-order valence-electron chi connectivity index (χ4n) is 1.50. The number of imidazole rings is 1. The first kappa shape index (κ1) is 10.9. The van der Waals surface area contributed by atoms with Crippen LogP contribution in [0.25, 0.3) is 11.0 Å². The van der Waals surface area contributed by atoms with Gasteiger partial charge in [0.15, 0.2) is 0 Å². The number of aromatic nitrogens is 2. The highest BCUT2D eigenvalue weighted by Gasteiger charge is 2.10. The summed E-state index contributed by atoms with van der Waals surface area (Å²) in [6.45, 7) is 0.176. The van der Waals surface area contributed by atoms with Crippen LogP contribution in [0.4, 0.5) is 5.95 Å². The van der Waals surface area contributed by atoms with E-state index in [1.807, 2.05) is 18.2 Å². The summed E-state index contributed by atoms with van der Waals surface area (Å²) >= 11 is 3.38. The first-order valence-corrected chi connectivity index (χ1v) is 5.53. The molecule has 84 valence electrons. The van der Waals surface area contributed by atoms with Crippen molar-refractivity contribution in [1.82, 2.24) is 14.9 Å². The first-order chi connectivity index (χ1) is 7.61. The number of carbonyl (C=O) groups excluding carboxylic acids is 1. The Balaban J connectivity index is 2.54. The predicted molar refractivity (Wildman–Crippen MR) is 65.9 cm³/mol. The van der Waals surface area contributed by atoms with Gasteiger partial charge in [-0.25, -0.2) is 4.98 Å². The van der Waals surface area contributed by atoms with Crippen molar-refractivity contribution in [1.29, 1.82) is 0 Å². The number of benzene rings is 1. The third kappa shape index (κ3) is 1.88. The van der Waals surface area contributed by atoms with Crippen molar-refractivity contribution in [2.24, 2.45) is 0 Å². The molecular weight excluding hydrogens is 272 g/mol. The molecule has 3 N–H and O–H groups in total. The van der Waals surface area contributed by atoms with E-state index in [0.29, 0.717) is 5.95 Å². The Kier molecular flexibility index (Phi) is 2.82. The smallest absolute Gasteiger partial charge is 0.239 e. The van der Waals surface area contributed by atoms with Gasteiger partial charge in [0, 0.05) is 11.5 Å². The van der Waals surface area contributed by atoms with E-state index in [1.54, 1.807) is 11.6 Å². The summed E-state index contributed by atoms with van der Waals surface area (Å²) in [7, 11) is 1.59. The first-order valence-electron chi connectivity index (χ1n) is 4.73. The molecule has 0 saturated heterocycles.